The number of ether oxygens (including phenoxy) is 1. The second kappa shape index (κ2) is 8.41. The van der Waals surface area contributed by atoms with Crippen LogP contribution < -0.4 is 15.4 Å². The Hall–Kier alpha value is -2.24. The van der Waals surface area contributed by atoms with E-state index in [1.54, 1.807) is 37.4 Å². The predicted octanol–water partition coefficient (Wildman–Crippen LogP) is 2.96. The smallest absolute Gasteiger partial charge is 0.257 e. The predicted molar refractivity (Wildman–Crippen MR) is 92.6 cm³/mol. The van der Waals surface area contributed by atoms with E-state index >= 15 is 0 Å². The van der Waals surface area contributed by atoms with Crippen LogP contribution in [0, 0.1) is 0 Å². The van der Waals surface area contributed by atoms with Crippen LogP contribution >= 0.6 is 11.6 Å². The van der Waals surface area contributed by atoms with E-state index in [1.165, 1.54) is 0 Å². The number of anilines is 2. The van der Waals surface area contributed by atoms with Crippen molar-refractivity contribution in [2.24, 2.45) is 0 Å². The molecular weight excluding hydrogens is 316 g/mol. The van der Waals surface area contributed by atoms with Gasteiger partial charge in [0.2, 0.25) is 0 Å². The van der Waals surface area contributed by atoms with Crippen LogP contribution in [0.1, 0.15) is 10.4 Å². The first kappa shape index (κ1) is 17.1. The lowest BCUT2D eigenvalue weighted by Gasteiger charge is -2.15. The van der Waals surface area contributed by atoms with Gasteiger partial charge >= 0.3 is 0 Å². The van der Waals surface area contributed by atoms with Crippen LogP contribution in [0.25, 0.3) is 0 Å². The number of rotatable bonds is 7. The number of alkyl halides is 1. The molecule has 0 saturated carbocycles. The number of benzene rings is 2. The second-order valence-electron chi connectivity index (χ2n) is 4.89. The number of hydrogen-bond donors (Lipinski definition) is 3. The normalized spacial score (nSPS) is 11.6. The highest BCUT2D eigenvalue weighted by molar-refractivity contribution is 6.18. The van der Waals surface area contributed by atoms with Gasteiger partial charge in [0.05, 0.1) is 30.3 Å². The highest BCUT2D eigenvalue weighted by Gasteiger charge is 2.13. The summed E-state index contributed by atoms with van der Waals surface area (Å²) in [6, 6.07) is 14.3. The van der Waals surface area contributed by atoms with Gasteiger partial charge in [0, 0.05) is 12.2 Å². The Morgan fingerprint density at radius 3 is 2.52 bits per heavy atom. The highest BCUT2D eigenvalue weighted by Crippen LogP contribution is 2.25. The fourth-order valence-electron chi connectivity index (χ4n) is 2.06. The topological polar surface area (TPSA) is 70.6 Å². The number of para-hydroxylation sites is 3. The molecule has 122 valence electrons. The van der Waals surface area contributed by atoms with E-state index in [0.29, 0.717) is 22.7 Å². The van der Waals surface area contributed by atoms with E-state index < -0.39 is 6.10 Å². The van der Waals surface area contributed by atoms with Crippen LogP contribution in [0.2, 0.25) is 0 Å². The minimum absolute atomic E-state index is 0.128. The number of carbonyl (C=O) groups is 1. The molecule has 0 aliphatic heterocycles. The third-order valence-corrected chi connectivity index (χ3v) is 3.59. The van der Waals surface area contributed by atoms with Gasteiger partial charge in [-0.2, -0.15) is 0 Å². The lowest BCUT2D eigenvalue weighted by atomic mass is 10.1. The van der Waals surface area contributed by atoms with Gasteiger partial charge in [-0.05, 0) is 24.3 Å². The van der Waals surface area contributed by atoms with E-state index in [4.69, 9.17) is 16.3 Å². The number of halogens is 1. The number of aliphatic hydroxyl groups is 1. The number of carbonyl (C=O) groups excluding carboxylic acids is 1. The number of amides is 1. The molecule has 3 N–H and O–H groups in total. The number of hydrogen-bond acceptors (Lipinski definition) is 4. The van der Waals surface area contributed by atoms with Crippen LogP contribution in [0.5, 0.6) is 5.75 Å². The molecule has 6 heteroatoms. The van der Waals surface area contributed by atoms with Crippen LogP contribution in [0.4, 0.5) is 11.4 Å². The Kier molecular flexibility index (Phi) is 6.26. The average Bonchev–Trinajstić information content (AvgIpc) is 2.60. The number of aliphatic hydroxyl groups excluding tert-OH is 1. The summed E-state index contributed by atoms with van der Waals surface area (Å²) in [4.78, 5) is 12.5. The molecule has 2 aromatic rings. The molecule has 0 saturated heterocycles. The van der Waals surface area contributed by atoms with Gasteiger partial charge in [-0.15, -0.1) is 11.6 Å². The lowest BCUT2D eigenvalue weighted by molar-refractivity contribution is 0.102. The monoisotopic (exact) mass is 334 g/mol. The summed E-state index contributed by atoms with van der Waals surface area (Å²) in [5.41, 5.74) is 1.69. The Bertz CT molecular complexity index is 664. The van der Waals surface area contributed by atoms with Crippen LogP contribution in [0.15, 0.2) is 48.5 Å². The van der Waals surface area contributed by atoms with Gasteiger partial charge in [0.1, 0.15) is 5.75 Å². The molecular formula is C17H19ClN2O3. The zero-order chi connectivity index (χ0) is 16.7. The van der Waals surface area contributed by atoms with Gasteiger partial charge in [0.15, 0.2) is 0 Å². The van der Waals surface area contributed by atoms with Crippen molar-refractivity contribution in [1.82, 2.24) is 0 Å². The number of methoxy groups -OCH3 is 1. The van der Waals surface area contributed by atoms with Crippen LogP contribution in [-0.2, 0) is 0 Å². The van der Waals surface area contributed by atoms with Crippen molar-refractivity contribution in [2.75, 3.05) is 30.2 Å². The molecule has 0 bridgehead atoms. The Morgan fingerprint density at radius 1 is 1.17 bits per heavy atom. The van der Waals surface area contributed by atoms with E-state index in [-0.39, 0.29) is 18.3 Å². The zero-order valence-electron chi connectivity index (χ0n) is 12.8. The van der Waals surface area contributed by atoms with Crippen molar-refractivity contribution >= 4 is 28.9 Å². The summed E-state index contributed by atoms with van der Waals surface area (Å²) < 4.78 is 5.23. The molecule has 0 aromatic heterocycles. The summed E-state index contributed by atoms with van der Waals surface area (Å²) in [6.07, 6.45) is -0.679. The fraction of sp³-hybridized carbons (Fsp3) is 0.235. The minimum Gasteiger partial charge on any atom is -0.495 e. The fourth-order valence-corrected chi connectivity index (χ4v) is 2.16. The molecule has 1 unspecified atom stereocenters. The summed E-state index contributed by atoms with van der Waals surface area (Å²) in [5.74, 6) is 0.449. The third-order valence-electron chi connectivity index (χ3n) is 3.23. The molecule has 0 aliphatic carbocycles. The molecule has 1 amide bonds. The molecule has 0 fully saturated rings. The van der Waals surface area contributed by atoms with Crippen molar-refractivity contribution in [3.05, 3.63) is 54.1 Å². The molecule has 23 heavy (non-hydrogen) atoms. The van der Waals surface area contributed by atoms with Crippen molar-refractivity contribution in [3.63, 3.8) is 0 Å². The van der Waals surface area contributed by atoms with E-state index in [0.717, 1.165) is 0 Å². The van der Waals surface area contributed by atoms with Crippen LogP contribution in [-0.4, -0.2) is 36.7 Å². The van der Waals surface area contributed by atoms with Crippen LogP contribution in [0.3, 0.4) is 0 Å². The quantitative estimate of drug-likeness (QED) is 0.681. The molecule has 5 nitrogen and oxygen atoms in total. The summed E-state index contributed by atoms with van der Waals surface area (Å²) in [7, 11) is 1.55. The standard InChI is InChI=1S/C17H19ClN2O3/c1-23-16-9-5-4-8-15(16)20-17(22)13-6-2-3-7-14(13)19-11-12(21)10-18/h2-9,12,19,21H,10-11H2,1H3,(H,20,22). The third kappa shape index (κ3) is 4.61. The summed E-state index contributed by atoms with van der Waals surface area (Å²) in [6.45, 7) is 0.266. The van der Waals surface area contributed by atoms with Crippen molar-refractivity contribution in [2.45, 2.75) is 6.10 Å². The maximum Gasteiger partial charge on any atom is 0.257 e. The average molecular weight is 335 g/mol. The first-order chi connectivity index (χ1) is 11.2. The Balaban J connectivity index is 2.16. The van der Waals surface area contributed by atoms with Gasteiger partial charge in [-0.25, -0.2) is 0 Å². The van der Waals surface area contributed by atoms with Gasteiger partial charge in [0.25, 0.3) is 5.91 Å². The maximum absolute atomic E-state index is 12.5. The van der Waals surface area contributed by atoms with Gasteiger partial charge in [-0.3, -0.25) is 4.79 Å². The van der Waals surface area contributed by atoms with E-state index in [1.807, 2.05) is 18.2 Å². The zero-order valence-corrected chi connectivity index (χ0v) is 13.5. The van der Waals surface area contributed by atoms with Crippen molar-refractivity contribution in [3.8, 4) is 5.75 Å². The SMILES string of the molecule is COc1ccccc1NC(=O)c1ccccc1NCC(O)CCl. The van der Waals surface area contributed by atoms with Gasteiger partial charge < -0.3 is 20.5 Å². The Labute approximate surface area is 140 Å². The summed E-state index contributed by atoms with van der Waals surface area (Å²) in [5, 5.41) is 15.4. The molecule has 0 aliphatic rings. The molecule has 1 atom stereocenters. The first-order valence-corrected chi connectivity index (χ1v) is 7.70. The highest BCUT2D eigenvalue weighted by atomic mass is 35.5. The van der Waals surface area contributed by atoms with Crippen molar-refractivity contribution in [1.29, 1.82) is 0 Å². The minimum atomic E-state index is -0.679. The maximum atomic E-state index is 12.5. The van der Waals surface area contributed by atoms with Gasteiger partial charge in [-0.1, -0.05) is 24.3 Å². The molecule has 0 heterocycles. The lowest BCUT2D eigenvalue weighted by Crippen LogP contribution is -2.22. The second-order valence-corrected chi connectivity index (χ2v) is 5.20. The Morgan fingerprint density at radius 2 is 1.83 bits per heavy atom. The molecule has 2 rings (SSSR count). The molecule has 0 radical (unpaired) electrons. The molecule has 0 spiro atoms. The molecule has 2 aromatic carbocycles. The summed E-state index contributed by atoms with van der Waals surface area (Å²) >= 11 is 5.58. The van der Waals surface area contributed by atoms with E-state index in [9.17, 15) is 9.90 Å². The first-order valence-electron chi connectivity index (χ1n) is 7.17. The van der Waals surface area contributed by atoms with Crippen molar-refractivity contribution < 1.29 is 14.6 Å². The van der Waals surface area contributed by atoms with E-state index in [2.05, 4.69) is 10.6 Å². The number of nitrogens with one attached hydrogen (secondary N) is 2. The largest absolute Gasteiger partial charge is 0.495 e.